The second kappa shape index (κ2) is 10.1. The maximum Gasteiger partial charge on any atom is 0.242 e. The van der Waals surface area contributed by atoms with Crippen LogP contribution in [0.15, 0.2) is 36.4 Å². The molecular weight excluding hydrogens is 456 g/mol. The Labute approximate surface area is 188 Å². The number of nitrogens with zero attached hydrogens (tertiary/aromatic N) is 1. The van der Waals surface area contributed by atoms with Crippen molar-refractivity contribution in [1.29, 1.82) is 0 Å². The molecule has 9 heteroatoms. The average molecular weight is 474 g/mol. The molecule has 0 saturated carbocycles. The third-order valence-electron chi connectivity index (χ3n) is 4.33. The minimum atomic E-state index is -0.359. The molecule has 0 aliphatic carbocycles. The quantitative estimate of drug-likeness (QED) is 0.496. The number of halogens is 3. The summed E-state index contributed by atoms with van der Waals surface area (Å²) in [5, 5.41) is 0.271. The van der Waals surface area contributed by atoms with E-state index in [1.54, 1.807) is 42.3 Å². The third-order valence-corrected chi connectivity index (χ3v) is 6.48. The maximum absolute atomic E-state index is 13.8. The molecule has 1 saturated heterocycles. The molecule has 1 atom stereocenters. The lowest BCUT2D eigenvalue weighted by Gasteiger charge is -2.15. The van der Waals surface area contributed by atoms with Crippen molar-refractivity contribution in [3.8, 4) is 5.75 Å². The number of thioether (sulfide) groups is 1. The summed E-state index contributed by atoms with van der Waals surface area (Å²) >= 11 is 19.3. The van der Waals surface area contributed by atoms with Crippen LogP contribution < -0.4 is 4.74 Å². The van der Waals surface area contributed by atoms with Gasteiger partial charge < -0.3 is 9.47 Å². The molecule has 0 aromatic heterocycles. The van der Waals surface area contributed by atoms with Gasteiger partial charge in [-0.25, -0.2) is 4.39 Å². The normalized spacial score (nSPS) is 16.6. The fourth-order valence-electron chi connectivity index (χ4n) is 2.86. The Kier molecular flexibility index (Phi) is 7.76. The Morgan fingerprint density at radius 3 is 2.59 bits per heavy atom. The van der Waals surface area contributed by atoms with Gasteiger partial charge in [0.2, 0.25) is 5.91 Å². The van der Waals surface area contributed by atoms with Crippen molar-refractivity contribution in [2.45, 2.75) is 18.3 Å². The predicted molar refractivity (Wildman–Crippen MR) is 118 cm³/mol. The number of hydrogen-bond acceptors (Lipinski definition) is 5. The summed E-state index contributed by atoms with van der Waals surface area (Å²) in [5.41, 5.74) is 1.20. The van der Waals surface area contributed by atoms with Crippen molar-refractivity contribution in [2.24, 2.45) is 0 Å². The van der Waals surface area contributed by atoms with Crippen LogP contribution in [0, 0.1) is 5.82 Å². The first-order valence-corrected chi connectivity index (χ1v) is 10.8. The molecule has 1 amide bonds. The molecule has 2 aromatic carbocycles. The van der Waals surface area contributed by atoms with Crippen LogP contribution in [0.2, 0.25) is 10.0 Å². The molecule has 4 nitrogen and oxygen atoms in total. The number of carbonyl (C=O) groups excluding carboxylic acids is 1. The van der Waals surface area contributed by atoms with Crippen LogP contribution in [0.1, 0.15) is 11.1 Å². The van der Waals surface area contributed by atoms with Crippen molar-refractivity contribution in [2.75, 3.05) is 20.3 Å². The molecule has 3 rings (SSSR count). The van der Waals surface area contributed by atoms with E-state index in [1.807, 2.05) is 0 Å². The summed E-state index contributed by atoms with van der Waals surface area (Å²) in [5.74, 6) is -0.130. The number of hydrogen-bond donors (Lipinski definition) is 0. The molecule has 29 heavy (non-hydrogen) atoms. The van der Waals surface area contributed by atoms with Gasteiger partial charge in [-0.1, -0.05) is 65.4 Å². The van der Waals surface area contributed by atoms with E-state index in [0.717, 1.165) is 5.56 Å². The van der Waals surface area contributed by atoms with Crippen LogP contribution in [0.25, 0.3) is 0 Å². The second-order valence-corrected chi connectivity index (χ2v) is 8.98. The van der Waals surface area contributed by atoms with Crippen LogP contribution in [-0.4, -0.2) is 40.6 Å². The van der Waals surface area contributed by atoms with E-state index in [-0.39, 0.29) is 29.3 Å². The van der Waals surface area contributed by atoms with Crippen molar-refractivity contribution in [3.63, 3.8) is 0 Å². The first-order chi connectivity index (χ1) is 13.9. The maximum atomic E-state index is 13.8. The molecule has 1 aliphatic rings. The largest absolute Gasteiger partial charge is 0.486 e. The van der Waals surface area contributed by atoms with E-state index >= 15 is 0 Å². The zero-order valence-corrected chi connectivity index (χ0v) is 18.6. The molecule has 0 N–H and O–H groups in total. The van der Waals surface area contributed by atoms with E-state index in [2.05, 4.69) is 0 Å². The van der Waals surface area contributed by atoms with Gasteiger partial charge in [-0.2, -0.15) is 0 Å². The summed E-state index contributed by atoms with van der Waals surface area (Å²) in [7, 11) is 1.58. The number of amides is 1. The lowest BCUT2D eigenvalue weighted by atomic mass is 10.1. The monoisotopic (exact) mass is 473 g/mol. The van der Waals surface area contributed by atoms with Gasteiger partial charge in [0.15, 0.2) is 5.75 Å². The number of ether oxygens (including phenoxy) is 2. The van der Waals surface area contributed by atoms with Crippen LogP contribution in [0.3, 0.4) is 0 Å². The lowest BCUT2D eigenvalue weighted by Crippen LogP contribution is -2.34. The van der Waals surface area contributed by atoms with Crippen LogP contribution in [-0.2, 0) is 22.6 Å². The summed E-state index contributed by atoms with van der Waals surface area (Å²) in [6.07, 6.45) is 0.431. The molecule has 1 aliphatic heterocycles. The zero-order chi connectivity index (χ0) is 21.0. The molecule has 1 heterocycles. The number of benzene rings is 2. The molecule has 0 spiro atoms. The van der Waals surface area contributed by atoms with Gasteiger partial charge in [0.05, 0.1) is 28.4 Å². The smallest absolute Gasteiger partial charge is 0.242 e. The summed E-state index contributed by atoms with van der Waals surface area (Å²) in [6.45, 7) is 0.859. The van der Waals surface area contributed by atoms with Gasteiger partial charge in [0, 0.05) is 12.7 Å². The van der Waals surface area contributed by atoms with E-state index in [9.17, 15) is 9.18 Å². The predicted octanol–water partition coefficient (Wildman–Crippen LogP) is 5.13. The minimum absolute atomic E-state index is 0.00511. The topological polar surface area (TPSA) is 38.8 Å². The molecular formula is C20H18Cl2FNO3S2. The fourth-order valence-corrected chi connectivity index (χ4v) is 5.09. The highest BCUT2D eigenvalue weighted by Gasteiger charge is 2.36. The SMILES string of the molecule is COCCN1C(=O)[C@H](Cc2cc(Cl)c(OCc3ccccc3F)c(Cl)c2)SC1=S. The highest BCUT2D eigenvalue weighted by atomic mass is 35.5. The van der Waals surface area contributed by atoms with Gasteiger partial charge in [0.25, 0.3) is 0 Å². The Morgan fingerprint density at radius 2 is 1.93 bits per heavy atom. The third kappa shape index (κ3) is 5.41. The van der Waals surface area contributed by atoms with Crippen LogP contribution >= 0.6 is 47.2 Å². The van der Waals surface area contributed by atoms with Gasteiger partial charge in [-0.3, -0.25) is 9.69 Å². The fraction of sp³-hybridized carbons (Fsp3) is 0.300. The average Bonchev–Trinajstić information content (AvgIpc) is 2.93. The van der Waals surface area contributed by atoms with Crippen molar-refractivity contribution < 1.29 is 18.7 Å². The Hall–Kier alpha value is -1.38. The molecule has 0 bridgehead atoms. The van der Waals surface area contributed by atoms with Gasteiger partial charge >= 0.3 is 0 Å². The first-order valence-electron chi connectivity index (χ1n) is 8.75. The molecule has 0 radical (unpaired) electrons. The molecule has 2 aromatic rings. The van der Waals surface area contributed by atoms with Gasteiger partial charge in [-0.15, -0.1) is 0 Å². The van der Waals surface area contributed by atoms with Crippen molar-refractivity contribution >= 4 is 57.4 Å². The highest BCUT2D eigenvalue weighted by molar-refractivity contribution is 8.24. The van der Waals surface area contributed by atoms with Crippen LogP contribution in [0.4, 0.5) is 4.39 Å². The standard InChI is InChI=1S/C20H18Cl2FNO3S2/c1-26-7-6-24-19(25)17(29-20(24)28)10-12-8-14(21)18(15(22)9-12)27-11-13-4-2-3-5-16(13)23/h2-5,8-9,17H,6-7,10-11H2,1H3/t17-/m0/s1. The molecule has 154 valence electrons. The van der Waals surface area contributed by atoms with E-state index in [0.29, 0.717) is 39.5 Å². The van der Waals surface area contributed by atoms with Gasteiger partial charge in [-0.05, 0) is 30.2 Å². The number of thiocarbonyl (C=S) groups is 1. The molecule has 1 fully saturated rings. The van der Waals surface area contributed by atoms with Crippen LogP contribution in [0.5, 0.6) is 5.75 Å². The number of rotatable bonds is 8. The van der Waals surface area contributed by atoms with Crippen molar-refractivity contribution in [3.05, 3.63) is 63.4 Å². The van der Waals surface area contributed by atoms with E-state index in [1.165, 1.54) is 17.8 Å². The summed E-state index contributed by atoms with van der Waals surface area (Å²) in [4.78, 5) is 14.1. The minimum Gasteiger partial charge on any atom is -0.486 e. The van der Waals surface area contributed by atoms with Gasteiger partial charge in [0.1, 0.15) is 16.7 Å². The van der Waals surface area contributed by atoms with E-state index in [4.69, 9.17) is 44.9 Å². The Balaban J connectivity index is 1.69. The first kappa shape index (κ1) is 22.3. The number of carbonyl (C=O) groups is 1. The number of methoxy groups -OCH3 is 1. The van der Waals surface area contributed by atoms with Crippen molar-refractivity contribution in [1.82, 2.24) is 4.90 Å². The molecule has 0 unspecified atom stereocenters. The summed E-state index contributed by atoms with van der Waals surface area (Å²) in [6, 6.07) is 9.74. The van der Waals surface area contributed by atoms with E-state index < -0.39 is 0 Å². The zero-order valence-electron chi connectivity index (χ0n) is 15.5. The summed E-state index contributed by atoms with van der Waals surface area (Å²) < 4.78 is 25.0. The highest BCUT2D eigenvalue weighted by Crippen LogP contribution is 2.37. The Bertz CT molecular complexity index is 905. The second-order valence-electron chi connectivity index (χ2n) is 6.33. The Morgan fingerprint density at radius 1 is 1.24 bits per heavy atom. The lowest BCUT2D eigenvalue weighted by molar-refractivity contribution is -0.126.